The van der Waals surface area contributed by atoms with Crippen LogP contribution in [0.4, 0.5) is 0 Å². The quantitative estimate of drug-likeness (QED) is 0.0282. The van der Waals surface area contributed by atoms with E-state index in [1.165, 1.54) is 6.26 Å². The number of hydrogen-bond acceptors (Lipinski definition) is 29. The molecule has 13 aliphatic heterocycles. The van der Waals surface area contributed by atoms with Crippen molar-refractivity contribution in [3.05, 3.63) is 176 Å². The van der Waals surface area contributed by atoms with E-state index in [2.05, 4.69) is 94.6 Å². The minimum absolute atomic E-state index is 0.00238. The molecule has 124 heavy (non-hydrogen) atoms. The van der Waals surface area contributed by atoms with Crippen molar-refractivity contribution in [2.24, 2.45) is 10.6 Å². The number of aromatic nitrogens is 16. The topological polar surface area (TPSA) is 563 Å². The lowest BCUT2D eigenvalue weighted by atomic mass is 9.77. The number of piperidine rings is 3. The molecule has 3 amide bonds. The fourth-order valence-corrected chi connectivity index (χ4v) is 19.2. The third-order valence-corrected chi connectivity index (χ3v) is 27.4. The zero-order valence-electron chi connectivity index (χ0n) is 69.6. The van der Waals surface area contributed by atoms with Crippen LogP contribution in [-0.2, 0) is 70.8 Å². The average molecular weight is 1760 g/mol. The van der Waals surface area contributed by atoms with Gasteiger partial charge in [-0.1, -0.05) is 0 Å². The number of sulfonamides is 2. The highest BCUT2D eigenvalue weighted by molar-refractivity contribution is 7.89. The van der Waals surface area contributed by atoms with Gasteiger partial charge in [0.15, 0.2) is 46.1 Å². The lowest BCUT2D eigenvalue weighted by molar-refractivity contribution is -0.130. The number of rotatable bonds is 18. The van der Waals surface area contributed by atoms with Gasteiger partial charge in [-0.25, -0.2) is 70.1 Å². The minimum Gasteiger partial charge on any atom is -0.321 e. The largest absolute Gasteiger partial charge is 0.349 e. The van der Waals surface area contributed by atoms with Gasteiger partial charge in [0.2, 0.25) is 31.9 Å². The summed E-state index contributed by atoms with van der Waals surface area (Å²) in [5.41, 5.74) is 8.98. The molecule has 0 aliphatic carbocycles. The van der Waals surface area contributed by atoms with Gasteiger partial charge in [-0.05, 0) is 226 Å². The van der Waals surface area contributed by atoms with E-state index in [0.717, 1.165) is 96.8 Å². The van der Waals surface area contributed by atoms with E-state index in [0.29, 0.717) is 126 Å². The maximum absolute atomic E-state index is 12.4. The van der Waals surface area contributed by atoms with Crippen LogP contribution in [0, 0.1) is 60.8 Å². The molecule has 0 bridgehead atoms. The number of H-pyrrole nitrogens is 4. The molecule has 17 rings (SSSR count). The van der Waals surface area contributed by atoms with Crippen molar-refractivity contribution in [1.29, 1.82) is 0 Å². The van der Waals surface area contributed by atoms with Crippen LogP contribution in [0.1, 0.15) is 89.5 Å². The van der Waals surface area contributed by atoms with Gasteiger partial charge < -0.3 is 38.3 Å². The van der Waals surface area contributed by atoms with Crippen LogP contribution in [-0.4, -0.2) is 243 Å². The van der Waals surface area contributed by atoms with Gasteiger partial charge in [0, 0.05) is 71.4 Å². The molecule has 4 aromatic rings. The van der Waals surface area contributed by atoms with Crippen LogP contribution in [0.15, 0.2) is 86.9 Å². The maximum atomic E-state index is 12.4. The van der Waals surface area contributed by atoms with Gasteiger partial charge in [-0.15, -0.1) is 0 Å². The number of primary sulfonamides is 1. The highest BCUT2D eigenvalue weighted by Gasteiger charge is 2.48. The molecule has 0 atom stereocenters. The molecule has 0 unspecified atom stereocenters. The van der Waals surface area contributed by atoms with E-state index >= 15 is 0 Å². The number of imide groups is 1. The Bertz CT molecular complexity index is 7020. The third kappa shape index (κ3) is 19.3. The molecule has 1 spiro atoms. The number of carbonyl (C=O) groups excluding carboxylic acids is 3. The van der Waals surface area contributed by atoms with Crippen molar-refractivity contribution in [2.75, 3.05) is 91.3 Å². The van der Waals surface area contributed by atoms with Gasteiger partial charge in [-0.3, -0.25) is 58.8 Å². The number of amides is 3. The van der Waals surface area contributed by atoms with Crippen LogP contribution in [0.5, 0.6) is 0 Å². The Morgan fingerprint density at radius 3 is 1.07 bits per heavy atom. The maximum Gasteiger partial charge on any atom is 0.349 e. The summed E-state index contributed by atoms with van der Waals surface area (Å²) < 4.78 is 82.6. The Morgan fingerprint density at radius 1 is 0.435 bits per heavy atom. The number of aromatic amines is 4. The van der Waals surface area contributed by atoms with Gasteiger partial charge in [0.1, 0.15) is 0 Å². The molecule has 10 N–H and O–H groups in total. The van der Waals surface area contributed by atoms with Gasteiger partial charge in [-0.2, -0.15) is 33.1 Å². The summed E-state index contributed by atoms with van der Waals surface area (Å²) in [5, 5.41) is 10.3. The van der Waals surface area contributed by atoms with E-state index in [4.69, 9.17) is 5.14 Å². The molecule has 0 saturated carbocycles. The zero-order valence-corrected chi connectivity index (χ0v) is 72.1. The zero-order chi connectivity index (χ0) is 88.9. The second kappa shape index (κ2) is 35.4. The SMILES string of the molecule is Cc1cc2nc3c(=O)[nH]c(=O)nc-3n(CCN3CCC(NS(C)(=O)=O)CC3)c2cc1C.Cc1cc2nc3c(=O)[nH]c(=O)nc-3n(CCN3CCC(S(N)(=O)=O)CC3)c2cc1C.Cc1cc2nc3c(=O)[nH]c(=O)nc-3n(CCN3CCC4(CC3)CC(=O)NC4=O)c2cc1C.Cc1cc2nc3c(=O)[nH]c(=O)nc-3n(CCNCCN3C(=O)CNS3(=O)=O)c2cc1C. The number of likely N-dealkylation sites (tertiary alicyclic amines) is 3. The Labute approximate surface area is 707 Å². The van der Waals surface area contributed by atoms with Crippen molar-refractivity contribution in [3.63, 3.8) is 0 Å². The molecule has 4 aromatic carbocycles. The van der Waals surface area contributed by atoms with E-state index in [-0.39, 0.29) is 90.0 Å². The summed E-state index contributed by atoms with van der Waals surface area (Å²) in [6, 6.07) is 15.5. The normalized spacial score (nSPS) is 16.9. The molecule has 45 heteroatoms. The highest BCUT2D eigenvalue weighted by Crippen LogP contribution is 2.39. The van der Waals surface area contributed by atoms with Gasteiger partial charge in [0.25, 0.3) is 28.1 Å². The van der Waals surface area contributed by atoms with E-state index in [1.807, 2.05) is 118 Å². The van der Waals surface area contributed by atoms with Gasteiger partial charge in [0.05, 0.1) is 74.1 Å². The van der Waals surface area contributed by atoms with Crippen molar-refractivity contribution >= 4 is 92.1 Å². The number of nitrogens with one attached hydrogen (secondary N) is 8. The summed E-state index contributed by atoms with van der Waals surface area (Å²) in [7, 11) is -10.5. The molecule has 13 aliphatic rings. The lowest BCUT2D eigenvalue weighted by Crippen LogP contribution is -2.45. The molecular weight excluding hydrogens is 1670 g/mol. The Morgan fingerprint density at radius 2 is 0.758 bits per heavy atom. The second-order valence-electron chi connectivity index (χ2n) is 32.3. The van der Waals surface area contributed by atoms with Crippen LogP contribution < -0.4 is 70.2 Å². The highest BCUT2D eigenvalue weighted by atomic mass is 32.2. The van der Waals surface area contributed by atoms with Crippen LogP contribution >= 0.6 is 0 Å². The van der Waals surface area contributed by atoms with Crippen molar-refractivity contribution < 1.29 is 39.6 Å². The average Bonchev–Trinajstić information content (AvgIpc) is 1.03. The van der Waals surface area contributed by atoms with Crippen LogP contribution in [0.2, 0.25) is 0 Å². The number of aryl methyl sites for hydroxylation is 8. The molecular formula is C79H95N25O17S3. The smallest absolute Gasteiger partial charge is 0.321 e. The summed E-state index contributed by atoms with van der Waals surface area (Å²) in [4.78, 5) is 182. The number of hydrogen-bond donors (Lipinski definition) is 9. The Balaban J connectivity index is 0.000000135. The third-order valence-electron chi connectivity index (χ3n) is 23.8. The van der Waals surface area contributed by atoms with Gasteiger partial charge >= 0.3 is 33.0 Å². The molecule has 5 fully saturated rings. The number of benzene rings is 4. The summed E-state index contributed by atoms with van der Waals surface area (Å²) >= 11 is 0. The van der Waals surface area contributed by atoms with E-state index in [1.54, 1.807) is 4.57 Å². The summed E-state index contributed by atoms with van der Waals surface area (Å²) in [6.45, 7) is 24.2. The van der Waals surface area contributed by atoms with Crippen LogP contribution in [0.3, 0.4) is 0 Å². The molecule has 656 valence electrons. The molecule has 42 nitrogen and oxygen atoms in total. The Kier molecular flexibility index (Phi) is 25.3. The van der Waals surface area contributed by atoms with E-state index < -0.39 is 91.8 Å². The van der Waals surface area contributed by atoms with Crippen LogP contribution in [0.25, 0.3) is 90.2 Å². The Hall–Kier alpha value is -11.8. The predicted molar refractivity (Wildman–Crippen MR) is 459 cm³/mol. The van der Waals surface area contributed by atoms with Crippen molar-refractivity contribution in [1.82, 2.24) is 117 Å². The molecule has 0 aromatic heterocycles. The summed E-state index contributed by atoms with van der Waals surface area (Å²) in [6.07, 6.45) is 5.16. The molecule has 0 radical (unpaired) electrons. The number of carbonyl (C=O) groups is 3. The monoisotopic (exact) mass is 1760 g/mol. The fraction of sp³-hybridized carbons (Fsp3) is 0.456. The second-order valence-corrected chi connectivity index (χ2v) is 37.6. The van der Waals surface area contributed by atoms with Crippen molar-refractivity contribution in [2.45, 2.75) is 138 Å². The number of fused-ring (bicyclic) bond motifs is 8. The fourth-order valence-electron chi connectivity index (χ4n) is 16.4. The van der Waals surface area contributed by atoms with E-state index in [9.17, 15) is 78.0 Å². The number of nitrogens with two attached hydrogens (primary N) is 1. The minimum atomic E-state index is -3.75. The predicted octanol–water partition coefficient (Wildman–Crippen LogP) is -1.03. The first-order valence-corrected chi connectivity index (χ1v) is 45.3. The first kappa shape index (κ1) is 88.5. The first-order valence-electron chi connectivity index (χ1n) is 40.4. The first-order chi connectivity index (χ1) is 58.7. The lowest BCUT2D eigenvalue weighted by Gasteiger charge is -2.37. The molecule has 13 heterocycles. The molecule has 5 saturated heterocycles. The number of nitrogens with zero attached hydrogens (tertiary/aromatic N) is 16. The summed E-state index contributed by atoms with van der Waals surface area (Å²) in [5.74, 6) is 0.122. The van der Waals surface area contributed by atoms with Crippen molar-refractivity contribution in [3.8, 4) is 46.1 Å². The standard InChI is InChI=1S/C22H24N6O4.C20H26N6O4S.C19H24N6O4S.C18H21N7O5S/c1-12-9-14-15(10-13(12)2)28(18-17(23-14)19(30)26-21(32)25-18)8-7-27-5-3-22(4-6-27)11-16(29)24-20(22)31;1-12-10-15-16(11-13(12)2)26(18-17(21-15)19(27)23-20(28)22-18)9-8-25-6-4-14(5-7-25)24-31(3,29)30;1-11-9-14-15(10-12(11)2)25(17-16(21-14)18(26)23-19(27)22-17)8-7-24-5-3-13(4-6-24)30(20,28)29;1-10-7-12-13(8-11(10)2)24(16-15(21-12)17(27)23-18(28)22-16)5-3-19-4-6-25-14(26)9-20-31(25,29)30/h9-10H,3-8,11H2,1-2H3,(H,24,29,31)(H,26,30,32);10-11,14,24H,4-9H2,1-3H3,(H,23,27,28);9-10,13H,3-8H2,1-2H3,(H2,20,28,29)(H,23,26,27);7-8,19-20H,3-6,9H2,1-2H3,(H,23,27,28).